The van der Waals surface area contributed by atoms with Gasteiger partial charge in [-0.3, -0.25) is 0 Å². The van der Waals surface area contributed by atoms with Crippen molar-refractivity contribution in [3.8, 4) is 0 Å². The quantitative estimate of drug-likeness (QED) is 0.504. The first-order chi connectivity index (χ1) is 9.53. The van der Waals surface area contributed by atoms with E-state index >= 15 is 0 Å². The van der Waals surface area contributed by atoms with Gasteiger partial charge in [0.05, 0.1) is 8.07 Å². The van der Waals surface area contributed by atoms with Crippen molar-refractivity contribution < 1.29 is 0 Å². The zero-order valence-electron chi connectivity index (χ0n) is 15.7. The summed E-state index contributed by atoms with van der Waals surface area (Å²) in [4.78, 5) is 0. The average molecular weight is 301 g/mol. The van der Waals surface area contributed by atoms with Crippen LogP contribution in [0.4, 0.5) is 0 Å². The molecule has 0 amide bonds. The van der Waals surface area contributed by atoms with Gasteiger partial charge in [0.15, 0.2) is 0 Å². The third-order valence-electron chi connectivity index (χ3n) is 6.67. The van der Waals surface area contributed by atoms with Crippen molar-refractivity contribution in [3.63, 3.8) is 0 Å². The van der Waals surface area contributed by atoms with Crippen molar-refractivity contribution in [2.45, 2.75) is 74.0 Å². The fourth-order valence-electron chi connectivity index (χ4n) is 4.99. The van der Waals surface area contributed by atoms with Crippen molar-refractivity contribution in [2.75, 3.05) is 0 Å². The molecule has 0 bridgehead atoms. The van der Waals surface area contributed by atoms with E-state index in [1.165, 1.54) is 0 Å². The lowest BCUT2D eigenvalue weighted by Gasteiger charge is -2.37. The first-order valence-corrected chi connectivity index (χ1v) is 11.3. The maximum atomic E-state index is 2.60. The van der Waals surface area contributed by atoms with Crippen molar-refractivity contribution in [3.05, 3.63) is 44.2 Å². The predicted octanol–water partition coefficient (Wildman–Crippen LogP) is 6.59. The normalized spacial score (nSPS) is 25.1. The summed E-state index contributed by atoms with van der Waals surface area (Å²) in [6.07, 6.45) is 0. The molecule has 0 radical (unpaired) electrons. The largest absolute Gasteiger partial charge is 0.0879 e. The Bertz CT molecular complexity index is 596. The van der Waals surface area contributed by atoms with E-state index in [9.17, 15) is 0 Å². The van der Waals surface area contributed by atoms with E-state index in [1.807, 2.05) is 0 Å². The molecule has 0 heterocycles. The lowest BCUT2D eigenvalue weighted by molar-refractivity contribution is 0.839. The van der Waals surface area contributed by atoms with Gasteiger partial charge in [0.2, 0.25) is 0 Å². The minimum absolute atomic E-state index is 0.647. The molecule has 21 heavy (non-hydrogen) atoms. The highest BCUT2D eigenvalue weighted by molar-refractivity contribution is 6.87. The van der Waals surface area contributed by atoms with E-state index in [0.29, 0.717) is 11.5 Å². The summed E-state index contributed by atoms with van der Waals surface area (Å²) in [6.45, 7) is 24.0. The first-order valence-electron chi connectivity index (χ1n) is 8.27. The van der Waals surface area contributed by atoms with Crippen LogP contribution in [0.3, 0.4) is 0 Å². The van der Waals surface area contributed by atoms with Crippen LogP contribution in [0, 0.1) is 5.92 Å². The highest BCUT2D eigenvalue weighted by Gasteiger charge is 2.45. The van der Waals surface area contributed by atoms with Gasteiger partial charge in [-0.1, -0.05) is 47.5 Å². The van der Waals surface area contributed by atoms with Gasteiger partial charge in [0, 0.05) is 5.54 Å². The molecule has 1 unspecified atom stereocenters. The third-order valence-corrected chi connectivity index (χ3v) is 11.2. The Labute approximate surface area is 132 Å². The minimum Gasteiger partial charge on any atom is -0.0701 e. The van der Waals surface area contributed by atoms with Gasteiger partial charge in [0.25, 0.3) is 0 Å². The molecule has 2 rings (SSSR count). The molecule has 0 aromatic rings. The smallest absolute Gasteiger partial charge is 0.0701 e. The molecule has 2 aliphatic rings. The van der Waals surface area contributed by atoms with E-state index in [2.05, 4.69) is 68.5 Å². The van der Waals surface area contributed by atoms with Gasteiger partial charge in [-0.25, -0.2) is 0 Å². The van der Waals surface area contributed by atoms with Crippen LogP contribution >= 0.6 is 0 Å². The van der Waals surface area contributed by atoms with E-state index < -0.39 is 8.07 Å². The topological polar surface area (TPSA) is 0 Å². The maximum absolute atomic E-state index is 2.60. The zero-order chi connectivity index (χ0) is 16.3. The molecule has 1 atom stereocenters. The van der Waals surface area contributed by atoms with Gasteiger partial charge < -0.3 is 0 Å². The molecule has 0 aromatic carbocycles. The molecular weight excluding hydrogens is 268 g/mol. The molecule has 1 heteroatoms. The lowest BCUT2D eigenvalue weighted by atomic mass is 10.1. The van der Waals surface area contributed by atoms with Crippen LogP contribution in [-0.2, 0) is 0 Å². The van der Waals surface area contributed by atoms with Crippen LogP contribution in [0.25, 0.3) is 0 Å². The second kappa shape index (κ2) is 5.12. The number of hydrogen-bond donors (Lipinski definition) is 0. The number of rotatable bonds is 2. The molecule has 0 aromatic heterocycles. The van der Waals surface area contributed by atoms with E-state index in [1.54, 1.807) is 44.2 Å². The zero-order valence-corrected chi connectivity index (χ0v) is 16.7. The van der Waals surface area contributed by atoms with Gasteiger partial charge in [0.1, 0.15) is 0 Å². The Morgan fingerprint density at radius 2 is 1.00 bits per heavy atom. The monoisotopic (exact) mass is 300 g/mol. The number of allylic oxidation sites excluding steroid dienone is 8. The molecule has 0 saturated heterocycles. The molecule has 0 saturated carbocycles. The van der Waals surface area contributed by atoms with Crippen LogP contribution in [0.5, 0.6) is 0 Å². The van der Waals surface area contributed by atoms with Crippen LogP contribution in [0.2, 0.25) is 18.6 Å². The van der Waals surface area contributed by atoms with Gasteiger partial charge in [-0.2, -0.15) is 0 Å². The van der Waals surface area contributed by atoms with Crippen LogP contribution in [0.1, 0.15) is 55.4 Å². The Balaban J connectivity index is 2.56. The Hall–Kier alpha value is -0.823. The van der Waals surface area contributed by atoms with E-state index in [0.717, 1.165) is 0 Å². The molecule has 0 nitrogen and oxygen atoms in total. The molecule has 116 valence electrons. The summed E-state index contributed by atoms with van der Waals surface area (Å²) in [6, 6.07) is 0. The van der Waals surface area contributed by atoms with Crippen LogP contribution < -0.4 is 0 Å². The molecule has 2 aliphatic carbocycles. The molecule has 0 spiro atoms. The average Bonchev–Trinajstić information content (AvgIpc) is 2.72. The first kappa shape index (κ1) is 16.5. The van der Waals surface area contributed by atoms with Crippen molar-refractivity contribution in [2.24, 2.45) is 5.92 Å². The SMILES string of the molecule is CC1=C(C)C(C)C([Si](C)(C)C2C(C)=C(C)C(C)=C2C)=C1C. The van der Waals surface area contributed by atoms with Crippen molar-refractivity contribution >= 4 is 8.07 Å². The molecule has 0 aliphatic heterocycles. The van der Waals surface area contributed by atoms with Crippen LogP contribution in [-0.4, -0.2) is 8.07 Å². The van der Waals surface area contributed by atoms with Crippen LogP contribution in [0.15, 0.2) is 44.2 Å². The summed E-state index contributed by atoms with van der Waals surface area (Å²) in [7, 11) is -1.53. The Morgan fingerprint density at radius 3 is 1.33 bits per heavy atom. The van der Waals surface area contributed by atoms with Gasteiger partial charge in [-0.15, -0.1) is 0 Å². The third kappa shape index (κ3) is 2.16. The fourth-order valence-corrected chi connectivity index (χ4v) is 10.4. The second-order valence-electron chi connectivity index (χ2n) is 7.84. The standard InChI is InChI=1S/C20H32Si/c1-11-12(2)16(6)19(15(11)5)21(9,10)20-17(7)13(3)14(4)18(20)8/h15,20H,1-10H3. The highest BCUT2D eigenvalue weighted by atomic mass is 28.3. The summed E-state index contributed by atoms with van der Waals surface area (Å²) < 4.78 is 0. The summed E-state index contributed by atoms with van der Waals surface area (Å²) in [5, 5.41) is 1.80. The predicted molar refractivity (Wildman–Crippen MR) is 98.2 cm³/mol. The summed E-state index contributed by atoms with van der Waals surface area (Å²) in [5.74, 6) is 0.647. The Kier molecular flexibility index (Phi) is 4.03. The maximum Gasteiger partial charge on any atom is 0.0879 e. The van der Waals surface area contributed by atoms with Crippen molar-refractivity contribution in [1.82, 2.24) is 0 Å². The number of hydrogen-bond acceptors (Lipinski definition) is 0. The molecule has 0 N–H and O–H groups in total. The van der Waals surface area contributed by atoms with E-state index in [-0.39, 0.29) is 0 Å². The second-order valence-corrected chi connectivity index (χ2v) is 12.4. The molecule has 0 fully saturated rings. The summed E-state index contributed by atoms with van der Waals surface area (Å²) >= 11 is 0. The van der Waals surface area contributed by atoms with Gasteiger partial charge >= 0.3 is 0 Å². The minimum atomic E-state index is -1.53. The molecular formula is C20H32Si. The fraction of sp³-hybridized carbons (Fsp3) is 0.600. The summed E-state index contributed by atoms with van der Waals surface area (Å²) in [5.41, 5.74) is 11.8. The van der Waals surface area contributed by atoms with Crippen molar-refractivity contribution in [1.29, 1.82) is 0 Å². The Morgan fingerprint density at radius 1 is 0.619 bits per heavy atom. The van der Waals surface area contributed by atoms with E-state index in [4.69, 9.17) is 0 Å². The highest BCUT2D eigenvalue weighted by Crippen LogP contribution is 2.53. The van der Waals surface area contributed by atoms with Gasteiger partial charge in [-0.05, 0) is 71.1 Å². The lowest BCUT2D eigenvalue weighted by Crippen LogP contribution is -2.38.